The molecule has 0 bridgehead atoms. The van der Waals surface area contributed by atoms with Gasteiger partial charge in [-0.15, -0.1) is 0 Å². The van der Waals surface area contributed by atoms with Crippen LogP contribution >= 0.6 is 0 Å². The molecular weight excluding hydrogens is 190 g/mol. The van der Waals surface area contributed by atoms with Crippen molar-refractivity contribution in [2.24, 2.45) is 5.73 Å². The molecule has 2 N–H and O–H groups in total. The first-order valence-corrected chi connectivity index (χ1v) is 5.13. The predicted octanol–water partition coefficient (Wildman–Crippen LogP) is 2.01. The van der Waals surface area contributed by atoms with Gasteiger partial charge in [0.25, 0.3) is 0 Å². The zero-order valence-electron chi connectivity index (χ0n) is 9.19. The zero-order valence-corrected chi connectivity index (χ0v) is 9.19. The lowest BCUT2D eigenvalue weighted by molar-refractivity contribution is 0.0984. The number of nitrogens with two attached hydrogens (primary N) is 1. The maximum Gasteiger partial charge on any atom is 0.164 e. The second kappa shape index (κ2) is 5.51. The third-order valence-electron chi connectivity index (χ3n) is 1.90. The van der Waals surface area contributed by atoms with Crippen LogP contribution in [0.2, 0.25) is 0 Å². The first-order valence-electron chi connectivity index (χ1n) is 5.13. The maximum atomic E-state index is 11.5. The fourth-order valence-corrected chi connectivity index (χ4v) is 1.29. The third kappa shape index (κ3) is 3.72. The molecule has 0 atom stereocenters. The molecule has 0 saturated heterocycles. The Labute approximate surface area is 90.2 Å². The van der Waals surface area contributed by atoms with Crippen molar-refractivity contribution in [2.75, 3.05) is 6.54 Å². The highest BCUT2D eigenvalue weighted by molar-refractivity contribution is 5.96. The average molecular weight is 207 g/mol. The van der Waals surface area contributed by atoms with Crippen LogP contribution in [0.3, 0.4) is 0 Å². The Morgan fingerprint density at radius 2 is 2.20 bits per heavy atom. The molecule has 15 heavy (non-hydrogen) atoms. The molecule has 3 heteroatoms. The van der Waals surface area contributed by atoms with Gasteiger partial charge in [-0.1, -0.05) is 12.1 Å². The van der Waals surface area contributed by atoms with Crippen molar-refractivity contribution in [3.8, 4) is 5.75 Å². The molecule has 3 nitrogen and oxygen atoms in total. The Morgan fingerprint density at radius 1 is 1.47 bits per heavy atom. The molecule has 0 amide bonds. The summed E-state index contributed by atoms with van der Waals surface area (Å²) < 4.78 is 5.50. The van der Waals surface area contributed by atoms with Crippen LogP contribution in [0, 0.1) is 0 Å². The molecule has 1 rings (SSSR count). The molecule has 0 fully saturated rings. The van der Waals surface area contributed by atoms with E-state index in [-0.39, 0.29) is 11.9 Å². The number of ether oxygens (including phenoxy) is 1. The lowest BCUT2D eigenvalue weighted by atomic mass is 10.1. The maximum absolute atomic E-state index is 11.5. The fourth-order valence-electron chi connectivity index (χ4n) is 1.29. The highest BCUT2D eigenvalue weighted by atomic mass is 16.5. The van der Waals surface area contributed by atoms with Crippen LogP contribution in [0.5, 0.6) is 5.75 Å². The summed E-state index contributed by atoms with van der Waals surface area (Å²) in [6.45, 7) is 4.29. The van der Waals surface area contributed by atoms with E-state index in [0.29, 0.717) is 18.5 Å². The van der Waals surface area contributed by atoms with E-state index in [1.165, 1.54) is 0 Å². The van der Waals surface area contributed by atoms with Gasteiger partial charge in [0.2, 0.25) is 0 Å². The summed E-state index contributed by atoms with van der Waals surface area (Å²) in [4.78, 5) is 11.5. The van der Waals surface area contributed by atoms with Gasteiger partial charge in [0, 0.05) is 12.0 Å². The first kappa shape index (κ1) is 11.7. The van der Waals surface area contributed by atoms with Gasteiger partial charge in [-0.2, -0.15) is 0 Å². The molecule has 0 radical (unpaired) electrons. The number of benzene rings is 1. The van der Waals surface area contributed by atoms with Gasteiger partial charge in [0.15, 0.2) is 5.78 Å². The van der Waals surface area contributed by atoms with Crippen LogP contribution in [0.15, 0.2) is 24.3 Å². The summed E-state index contributed by atoms with van der Waals surface area (Å²) in [5, 5.41) is 0. The summed E-state index contributed by atoms with van der Waals surface area (Å²) in [6.07, 6.45) is 0.496. The second-order valence-electron chi connectivity index (χ2n) is 3.66. The van der Waals surface area contributed by atoms with Gasteiger partial charge in [-0.25, -0.2) is 0 Å². The largest absolute Gasteiger partial charge is 0.491 e. The predicted molar refractivity (Wildman–Crippen MR) is 60.2 cm³/mol. The van der Waals surface area contributed by atoms with E-state index in [9.17, 15) is 4.79 Å². The Hall–Kier alpha value is -1.35. The van der Waals surface area contributed by atoms with Crippen molar-refractivity contribution < 1.29 is 9.53 Å². The molecule has 0 aromatic heterocycles. The summed E-state index contributed by atoms with van der Waals surface area (Å²) in [5.74, 6) is 0.791. The summed E-state index contributed by atoms with van der Waals surface area (Å²) >= 11 is 0. The number of hydrogen-bond donors (Lipinski definition) is 1. The number of carbonyl (C=O) groups excluding carboxylic acids is 1. The third-order valence-corrected chi connectivity index (χ3v) is 1.90. The van der Waals surface area contributed by atoms with Crippen molar-refractivity contribution >= 4 is 5.78 Å². The summed E-state index contributed by atoms with van der Waals surface area (Å²) in [5.41, 5.74) is 6.00. The number of carbonyl (C=O) groups is 1. The molecule has 0 aliphatic carbocycles. The van der Waals surface area contributed by atoms with Crippen molar-refractivity contribution in [1.82, 2.24) is 0 Å². The van der Waals surface area contributed by atoms with Crippen LogP contribution in [0.4, 0.5) is 0 Å². The van der Waals surface area contributed by atoms with E-state index in [2.05, 4.69) is 0 Å². The van der Waals surface area contributed by atoms with Crippen molar-refractivity contribution in [3.05, 3.63) is 29.8 Å². The minimum absolute atomic E-state index is 0.0618. The number of hydrogen-bond acceptors (Lipinski definition) is 3. The molecule has 0 unspecified atom stereocenters. The fraction of sp³-hybridized carbons (Fsp3) is 0.417. The molecular formula is C12H17NO2. The number of rotatable bonds is 5. The summed E-state index contributed by atoms with van der Waals surface area (Å²) in [6, 6.07) is 7.21. The number of Topliss-reactive ketones (excluding diaryl/α,β-unsaturated/α-hetero) is 1. The van der Waals surface area contributed by atoms with Gasteiger partial charge >= 0.3 is 0 Å². The van der Waals surface area contributed by atoms with Gasteiger partial charge in [-0.3, -0.25) is 4.79 Å². The topological polar surface area (TPSA) is 52.3 Å². The minimum Gasteiger partial charge on any atom is -0.491 e. The van der Waals surface area contributed by atoms with Gasteiger partial charge in [0.05, 0.1) is 6.10 Å². The molecule has 0 aliphatic rings. The normalized spacial score (nSPS) is 10.4. The monoisotopic (exact) mass is 207 g/mol. The number of ketones is 1. The molecule has 1 aromatic carbocycles. The average Bonchev–Trinajstić information content (AvgIpc) is 2.17. The van der Waals surface area contributed by atoms with Crippen LogP contribution in [-0.2, 0) is 0 Å². The first-order chi connectivity index (χ1) is 7.13. The molecule has 1 aromatic rings. The molecule has 0 aliphatic heterocycles. The Morgan fingerprint density at radius 3 is 2.80 bits per heavy atom. The van der Waals surface area contributed by atoms with Gasteiger partial charge in [0.1, 0.15) is 5.75 Å². The van der Waals surface area contributed by atoms with Crippen LogP contribution < -0.4 is 10.5 Å². The van der Waals surface area contributed by atoms with Crippen molar-refractivity contribution in [3.63, 3.8) is 0 Å². The Kier molecular flexibility index (Phi) is 4.31. The Balaban J connectivity index is 2.78. The quantitative estimate of drug-likeness (QED) is 0.751. The van der Waals surface area contributed by atoms with E-state index in [0.717, 1.165) is 5.75 Å². The lowest BCUT2D eigenvalue weighted by Gasteiger charge is -2.10. The zero-order chi connectivity index (χ0) is 11.3. The van der Waals surface area contributed by atoms with E-state index in [4.69, 9.17) is 10.5 Å². The highest BCUT2D eigenvalue weighted by Crippen LogP contribution is 2.15. The molecule has 0 saturated carbocycles. The SMILES string of the molecule is CC(C)Oc1cccc(C(=O)CCN)c1. The van der Waals surface area contributed by atoms with E-state index in [1.807, 2.05) is 26.0 Å². The molecule has 82 valence electrons. The molecule has 0 heterocycles. The standard InChI is InChI=1S/C12H17NO2/c1-9(2)15-11-5-3-4-10(8-11)12(14)6-7-13/h3-5,8-9H,6-7,13H2,1-2H3. The Bertz CT molecular complexity index is 334. The van der Waals surface area contributed by atoms with Crippen molar-refractivity contribution in [2.45, 2.75) is 26.4 Å². The lowest BCUT2D eigenvalue weighted by Crippen LogP contribution is -2.09. The van der Waals surface area contributed by atoms with Gasteiger partial charge in [-0.05, 0) is 32.5 Å². The van der Waals surface area contributed by atoms with Crippen LogP contribution in [0.1, 0.15) is 30.6 Å². The minimum atomic E-state index is 0.0618. The van der Waals surface area contributed by atoms with E-state index in [1.54, 1.807) is 12.1 Å². The van der Waals surface area contributed by atoms with Gasteiger partial charge < -0.3 is 10.5 Å². The van der Waals surface area contributed by atoms with Crippen LogP contribution in [-0.4, -0.2) is 18.4 Å². The van der Waals surface area contributed by atoms with E-state index >= 15 is 0 Å². The van der Waals surface area contributed by atoms with Crippen molar-refractivity contribution in [1.29, 1.82) is 0 Å². The van der Waals surface area contributed by atoms with Crippen LogP contribution in [0.25, 0.3) is 0 Å². The van der Waals surface area contributed by atoms with E-state index < -0.39 is 0 Å². The highest BCUT2D eigenvalue weighted by Gasteiger charge is 2.06. The second-order valence-corrected chi connectivity index (χ2v) is 3.66. The smallest absolute Gasteiger partial charge is 0.164 e. The summed E-state index contributed by atoms with van der Waals surface area (Å²) in [7, 11) is 0. The molecule has 0 spiro atoms.